The number of hydrogen-bond donors (Lipinski definition) is 0. The average molecular weight is 251 g/mol. The van der Waals surface area contributed by atoms with Crippen molar-refractivity contribution in [2.24, 2.45) is 0 Å². The van der Waals surface area contributed by atoms with Gasteiger partial charge in [-0.25, -0.2) is 0 Å². The SMILES string of the molecule is CCCCN(CCCC)c1ccc(CP)cc1. The molecule has 1 aromatic carbocycles. The van der Waals surface area contributed by atoms with E-state index < -0.39 is 0 Å². The van der Waals surface area contributed by atoms with E-state index in [0.717, 1.165) is 6.16 Å². The zero-order valence-electron chi connectivity index (χ0n) is 11.3. The molecule has 0 N–H and O–H groups in total. The van der Waals surface area contributed by atoms with Gasteiger partial charge in [0.1, 0.15) is 0 Å². The van der Waals surface area contributed by atoms with Gasteiger partial charge in [0.15, 0.2) is 0 Å². The first kappa shape index (κ1) is 14.5. The smallest absolute Gasteiger partial charge is 0.0366 e. The number of anilines is 1. The van der Waals surface area contributed by atoms with Gasteiger partial charge in [0.25, 0.3) is 0 Å². The van der Waals surface area contributed by atoms with Gasteiger partial charge in [0, 0.05) is 18.8 Å². The second kappa shape index (κ2) is 8.53. The van der Waals surface area contributed by atoms with E-state index in [0.29, 0.717) is 0 Å². The predicted molar refractivity (Wildman–Crippen MR) is 81.9 cm³/mol. The summed E-state index contributed by atoms with van der Waals surface area (Å²) in [6, 6.07) is 9.02. The summed E-state index contributed by atoms with van der Waals surface area (Å²) >= 11 is 0. The van der Waals surface area contributed by atoms with Gasteiger partial charge in [-0.15, -0.1) is 9.24 Å². The summed E-state index contributed by atoms with van der Waals surface area (Å²) in [7, 11) is 2.78. The first-order valence-corrected chi connectivity index (χ1v) is 7.67. The lowest BCUT2D eigenvalue weighted by Crippen LogP contribution is -2.25. The molecule has 0 saturated carbocycles. The summed E-state index contributed by atoms with van der Waals surface area (Å²) in [6.07, 6.45) is 6.16. The van der Waals surface area contributed by atoms with Crippen LogP contribution in [-0.2, 0) is 6.16 Å². The molecule has 0 bridgehead atoms. The molecule has 1 atom stereocenters. The molecule has 0 aliphatic rings. The zero-order chi connectivity index (χ0) is 12.5. The van der Waals surface area contributed by atoms with E-state index in [1.807, 2.05) is 0 Å². The van der Waals surface area contributed by atoms with Crippen LogP contribution in [-0.4, -0.2) is 13.1 Å². The fourth-order valence-electron chi connectivity index (χ4n) is 1.91. The van der Waals surface area contributed by atoms with Gasteiger partial charge in [0.05, 0.1) is 0 Å². The molecule has 0 amide bonds. The van der Waals surface area contributed by atoms with Crippen molar-refractivity contribution in [2.45, 2.75) is 45.7 Å². The number of rotatable bonds is 8. The van der Waals surface area contributed by atoms with Gasteiger partial charge in [-0.3, -0.25) is 0 Å². The lowest BCUT2D eigenvalue weighted by atomic mass is 10.2. The first-order valence-electron chi connectivity index (χ1n) is 6.85. The monoisotopic (exact) mass is 251 g/mol. The maximum Gasteiger partial charge on any atom is 0.0366 e. The molecule has 1 aromatic rings. The van der Waals surface area contributed by atoms with Gasteiger partial charge >= 0.3 is 0 Å². The van der Waals surface area contributed by atoms with Gasteiger partial charge in [-0.2, -0.15) is 0 Å². The number of unbranched alkanes of at least 4 members (excludes halogenated alkanes) is 2. The molecule has 0 saturated heterocycles. The van der Waals surface area contributed by atoms with Crippen molar-refractivity contribution in [2.75, 3.05) is 18.0 Å². The highest BCUT2D eigenvalue weighted by Crippen LogP contribution is 2.18. The lowest BCUT2D eigenvalue weighted by Gasteiger charge is -2.24. The molecule has 1 rings (SSSR count). The van der Waals surface area contributed by atoms with Crippen molar-refractivity contribution < 1.29 is 0 Å². The summed E-state index contributed by atoms with van der Waals surface area (Å²) in [5, 5.41) is 0. The number of hydrogen-bond acceptors (Lipinski definition) is 1. The fraction of sp³-hybridized carbons (Fsp3) is 0.600. The van der Waals surface area contributed by atoms with Gasteiger partial charge in [-0.05, 0) is 36.7 Å². The van der Waals surface area contributed by atoms with Crippen molar-refractivity contribution in [1.82, 2.24) is 0 Å². The molecule has 0 fully saturated rings. The minimum absolute atomic E-state index is 1.05. The van der Waals surface area contributed by atoms with E-state index in [2.05, 4.69) is 52.3 Å². The molecule has 0 heterocycles. The third-order valence-electron chi connectivity index (χ3n) is 3.10. The maximum atomic E-state index is 2.78. The topological polar surface area (TPSA) is 3.24 Å². The Bertz CT molecular complexity index is 286. The van der Waals surface area contributed by atoms with Crippen LogP contribution in [0.5, 0.6) is 0 Å². The normalized spacial score (nSPS) is 10.5. The second-order valence-electron chi connectivity index (χ2n) is 4.56. The zero-order valence-corrected chi connectivity index (χ0v) is 12.4. The van der Waals surface area contributed by atoms with Crippen molar-refractivity contribution >= 4 is 14.9 Å². The molecule has 96 valence electrons. The standard InChI is InChI=1S/C15H26NP/c1-3-5-11-16(12-6-4-2)15-9-7-14(13-17)8-10-15/h7-10H,3-6,11-13,17H2,1-2H3. The number of nitrogens with zero attached hydrogens (tertiary/aromatic N) is 1. The van der Waals surface area contributed by atoms with E-state index in [4.69, 9.17) is 0 Å². The highest BCUT2D eigenvalue weighted by atomic mass is 31.0. The molecule has 1 unspecified atom stereocenters. The van der Waals surface area contributed by atoms with Gasteiger partial charge in [0.2, 0.25) is 0 Å². The summed E-state index contributed by atoms with van der Waals surface area (Å²) in [5.74, 6) is 0. The van der Waals surface area contributed by atoms with E-state index in [1.54, 1.807) is 0 Å². The Labute approximate surface area is 109 Å². The first-order chi connectivity index (χ1) is 8.31. The molecular weight excluding hydrogens is 225 g/mol. The molecule has 0 aromatic heterocycles. The van der Waals surface area contributed by atoms with Crippen LogP contribution < -0.4 is 4.90 Å². The molecule has 2 heteroatoms. The Morgan fingerprint density at radius 3 is 1.88 bits per heavy atom. The minimum atomic E-state index is 1.05. The lowest BCUT2D eigenvalue weighted by molar-refractivity contribution is 0.678. The highest BCUT2D eigenvalue weighted by molar-refractivity contribution is 7.15. The molecule has 17 heavy (non-hydrogen) atoms. The highest BCUT2D eigenvalue weighted by Gasteiger charge is 2.04. The van der Waals surface area contributed by atoms with Crippen molar-refractivity contribution in [1.29, 1.82) is 0 Å². The third kappa shape index (κ3) is 5.08. The molecule has 0 aliphatic carbocycles. The van der Waals surface area contributed by atoms with Gasteiger partial charge < -0.3 is 4.90 Å². The predicted octanol–water partition coefficient (Wildman–Crippen LogP) is 4.47. The van der Waals surface area contributed by atoms with Crippen LogP contribution in [0, 0.1) is 0 Å². The Hall–Kier alpha value is -0.550. The van der Waals surface area contributed by atoms with Crippen LogP contribution in [0.3, 0.4) is 0 Å². The van der Waals surface area contributed by atoms with Crippen LogP contribution in [0.25, 0.3) is 0 Å². The van der Waals surface area contributed by atoms with E-state index in [9.17, 15) is 0 Å². The van der Waals surface area contributed by atoms with E-state index >= 15 is 0 Å². The molecule has 0 spiro atoms. The third-order valence-corrected chi connectivity index (χ3v) is 3.57. The van der Waals surface area contributed by atoms with Crippen molar-refractivity contribution in [3.8, 4) is 0 Å². The van der Waals surface area contributed by atoms with Crippen molar-refractivity contribution in [3.05, 3.63) is 29.8 Å². The van der Waals surface area contributed by atoms with E-state index in [-0.39, 0.29) is 0 Å². The second-order valence-corrected chi connectivity index (χ2v) is 4.97. The van der Waals surface area contributed by atoms with Crippen LogP contribution in [0.4, 0.5) is 5.69 Å². The van der Waals surface area contributed by atoms with Crippen LogP contribution >= 0.6 is 9.24 Å². The Morgan fingerprint density at radius 1 is 0.941 bits per heavy atom. The van der Waals surface area contributed by atoms with Gasteiger partial charge in [-0.1, -0.05) is 38.8 Å². The Balaban J connectivity index is 2.65. The maximum absolute atomic E-state index is 2.78. The number of benzene rings is 1. The van der Waals surface area contributed by atoms with Crippen LogP contribution in [0.15, 0.2) is 24.3 Å². The Morgan fingerprint density at radius 2 is 1.47 bits per heavy atom. The summed E-state index contributed by atoms with van der Waals surface area (Å²) in [4.78, 5) is 2.53. The molecule has 1 nitrogen and oxygen atoms in total. The molecular formula is C15H26NP. The summed E-state index contributed by atoms with van der Waals surface area (Å²) in [6.45, 7) is 6.90. The van der Waals surface area contributed by atoms with Crippen LogP contribution in [0.1, 0.15) is 45.1 Å². The molecule has 0 radical (unpaired) electrons. The summed E-state index contributed by atoms with van der Waals surface area (Å²) < 4.78 is 0. The fourth-order valence-corrected chi connectivity index (χ4v) is 2.18. The Kier molecular flexibility index (Phi) is 7.28. The van der Waals surface area contributed by atoms with E-state index in [1.165, 1.54) is 50.0 Å². The largest absolute Gasteiger partial charge is 0.372 e. The van der Waals surface area contributed by atoms with Crippen molar-refractivity contribution in [3.63, 3.8) is 0 Å². The molecule has 0 aliphatic heterocycles. The van der Waals surface area contributed by atoms with Crippen LogP contribution in [0.2, 0.25) is 0 Å². The quantitative estimate of drug-likeness (QED) is 0.616. The summed E-state index contributed by atoms with van der Waals surface area (Å²) in [5.41, 5.74) is 2.78. The average Bonchev–Trinajstić information content (AvgIpc) is 2.39. The minimum Gasteiger partial charge on any atom is -0.372 e.